The summed E-state index contributed by atoms with van der Waals surface area (Å²) in [7, 11) is 0. The minimum Gasteiger partial charge on any atom is -0.493 e. The molecule has 0 saturated carbocycles. The maximum Gasteiger partial charge on any atom is 0.305 e. The van der Waals surface area contributed by atoms with E-state index in [9.17, 15) is 9.90 Å². The number of pyridine rings is 1. The highest BCUT2D eigenvalue weighted by Crippen LogP contribution is 2.32. The molecule has 0 spiro atoms. The van der Waals surface area contributed by atoms with Gasteiger partial charge in [-0.05, 0) is 72.5 Å². The molecule has 0 saturated heterocycles. The molecule has 1 atom stereocenters. The van der Waals surface area contributed by atoms with E-state index in [1.807, 2.05) is 89.6 Å². The van der Waals surface area contributed by atoms with Gasteiger partial charge in [0.2, 0.25) is 0 Å². The smallest absolute Gasteiger partial charge is 0.305 e. The second-order valence-electron chi connectivity index (χ2n) is 10.3. The molecule has 5 aromatic rings. The van der Waals surface area contributed by atoms with E-state index >= 15 is 0 Å². The average molecular weight is 548 g/mol. The van der Waals surface area contributed by atoms with E-state index in [1.54, 1.807) is 0 Å². The summed E-state index contributed by atoms with van der Waals surface area (Å²) in [5.74, 6) is 0.624. The number of hydrogen-bond donors (Lipinski definition) is 2. The molecule has 0 radical (unpaired) electrons. The third-order valence-corrected chi connectivity index (χ3v) is 7.45. The lowest BCUT2D eigenvalue weighted by molar-refractivity contribution is -0.137. The Labute approximate surface area is 239 Å². The molecule has 3 heterocycles. The predicted molar refractivity (Wildman–Crippen MR) is 160 cm³/mol. The predicted octanol–water partition coefficient (Wildman–Crippen LogP) is 6.66. The van der Waals surface area contributed by atoms with Crippen molar-refractivity contribution in [2.75, 3.05) is 18.5 Å². The number of nitrogens with zero attached hydrogens (tertiary/aromatic N) is 2. The van der Waals surface area contributed by atoms with Crippen molar-refractivity contribution in [2.24, 2.45) is 0 Å². The van der Waals surface area contributed by atoms with E-state index in [-0.39, 0.29) is 12.5 Å². The molecule has 6 rings (SSSR count). The maximum absolute atomic E-state index is 11.9. The van der Waals surface area contributed by atoms with Crippen LogP contribution < -0.4 is 14.8 Å². The van der Waals surface area contributed by atoms with Crippen LogP contribution in [0, 0.1) is 0 Å². The van der Waals surface area contributed by atoms with Crippen molar-refractivity contribution in [3.8, 4) is 11.5 Å². The summed E-state index contributed by atoms with van der Waals surface area (Å²) < 4.78 is 14.1. The van der Waals surface area contributed by atoms with Crippen LogP contribution in [0.5, 0.6) is 11.5 Å². The van der Waals surface area contributed by atoms with Gasteiger partial charge in [0.15, 0.2) is 0 Å². The number of carbonyl (C=O) groups is 1. The first kappa shape index (κ1) is 26.4. The fourth-order valence-corrected chi connectivity index (χ4v) is 5.39. The normalized spacial score (nSPS) is 13.3. The number of anilines is 1. The summed E-state index contributed by atoms with van der Waals surface area (Å²) in [5.41, 5.74) is 6.22. The van der Waals surface area contributed by atoms with Gasteiger partial charge < -0.3 is 24.5 Å². The van der Waals surface area contributed by atoms with Crippen molar-refractivity contribution in [3.05, 3.63) is 120 Å². The summed E-state index contributed by atoms with van der Waals surface area (Å²) in [5, 5.41) is 14.2. The number of carboxylic acids is 1. The van der Waals surface area contributed by atoms with Gasteiger partial charge >= 0.3 is 5.97 Å². The summed E-state index contributed by atoms with van der Waals surface area (Å²) in [6.45, 7) is 1.99. The Hall–Kier alpha value is -4.78. The van der Waals surface area contributed by atoms with E-state index in [0.717, 1.165) is 70.7 Å². The van der Waals surface area contributed by atoms with Gasteiger partial charge in [-0.3, -0.25) is 9.78 Å². The van der Waals surface area contributed by atoms with Crippen LogP contribution in [0.1, 0.15) is 41.4 Å². The number of carboxylic acid groups (broad SMARTS) is 1. The SMILES string of the molecule is O=C(O)CC(c1cccc(OCc2ccccc2)c1)n1ccc2cc(OCCc3ccc4c(n3)CCCN4)ccc21. The van der Waals surface area contributed by atoms with E-state index in [2.05, 4.69) is 17.4 Å². The topological polar surface area (TPSA) is 85.6 Å². The molecule has 0 aliphatic carbocycles. The number of ether oxygens (including phenoxy) is 2. The Bertz CT molecular complexity index is 1650. The number of nitrogens with one attached hydrogen (secondary N) is 1. The summed E-state index contributed by atoms with van der Waals surface area (Å²) >= 11 is 0. The van der Waals surface area contributed by atoms with Crippen LogP contribution in [0.4, 0.5) is 5.69 Å². The molecule has 7 heteroatoms. The van der Waals surface area contributed by atoms with Crippen molar-refractivity contribution < 1.29 is 19.4 Å². The highest BCUT2D eigenvalue weighted by molar-refractivity contribution is 5.82. The second kappa shape index (κ2) is 12.2. The molecule has 1 unspecified atom stereocenters. The van der Waals surface area contributed by atoms with Crippen molar-refractivity contribution in [1.29, 1.82) is 0 Å². The van der Waals surface area contributed by atoms with Crippen LogP contribution in [0.25, 0.3) is 10.9 Å². The number of fused-ring (bicyclic) bond motifs is 2. The third kappa shape index (κ3) is 6.35. The standard InChI is InChI=1S/C34H33N3O4/c38-34(39)22-33(25-8-4-9-28(20-25)41-23-24-6-2-1-3-7-24)37-18-15-26-21-29(12-14-32(26)37)40-19-16-27-11-13-30-31(36-27)10-5-17-35-30/h1-4,6-9,11-15,18,20-21,33,35H,5,10,16-17,19,22-23H2,(H,38,39). The van der Waals surface area contributed by atoms with Gasteiger partial charge in [0, 0.05) is 35.8 Å². The monoisotopic (exact) mass is 547 g/mol. The summed E-state index contributed by atoms with van der Waals surface area (Å²) in [4.78, 5) is 16.7. The molecule has 1 aliphatic rings. The zero-order valence-electron chi connectivity index (χ0n) is 22.8. The van der Waals surface area contributed by atoms with Crippen molar-refractivity contribution in [3.63, 3.8) is 0 Å². The Morgan fingerprint density at radius 2 is 1.83 bits per heavy atom. The first-order chi connectivity index (χ1) is 20.1. The Morgan fingerprint density at radius 1 is 0.951 bits per heavy atom. The van der Waals surface area contributed by atoms with Crippen LogP contribution in [-0.4, -0.2) is 33.8 Å². The molecule has 0 fully saturated rings. The fourth-order valence-electron chi connectivity index (χ4n) is 5.39. The molecule has 0 amide bonds. The van der Waals surface area contributed by atoms with E-state index in [0.29, 0.717) is 19.0 Å². The van der Waals surface area contributed by atoms with Gasteiger partial charge in [-0.15, -0.1) is 0 Å². The van der Waals surface area contributed by atoms with Gasteiger partial charge in [-0.2, -0.15) is 0 Å². The van der Waals surface area contributed by atoms with Crippen LogP contribution in [0.2, 0.25) is 0 Å². The van der Waals surface area contributed by atoms with Gasteiger partial charge in [0.25, 0.3) is 0 Å². The third-order valence-electron chi connectivity index (χ3n) is 7.45. The lowest BCUT2D eigenvalue weighted by Gasteiger charge is -2.20. The number of aliphatic carboxylic acids is 1. The molecule has 41 heavy (non-hydrogen) atoms. The van der Waals surface area contributed by atoms with E-state index in [1.165, 1.54) is 0 Å². The lowest BCUT2D eigenvalue weighted by atomic mass is 10.0. The zero-order valence-corrected chi connectivity index (χ0v) is 22.8. The molecule has 0 bridgehead atoms. The molecular formula is C34H33N3O4. The number of rotatable bonds is 11. The van der Waals surface area contributed by atoms with E-state index < -0.39 is 5.97 Å². The van der Waals surface area contributed by atoms with Crippen LogP contribution in [0.3, 0.4) is 0 Å². The number of aryl methyl sites for hydroxylation is 1. The Morgan fingerprint density at radius 3 is 2.71 bits per heavy atom. The summed E-state index contributed by atoms with van der Waals surface area (Å²) in [6, 6.07) is 29.4. The Kier molecular flexibility index (Phi) is 7.85. The van der Waals surface area contributed by atoms with Gasteiger partial charge in [0.05, 0.1) is 30.5 Å². The van der Waals surface area contributed by atoms with Crippen molar-refractivity contribution in [2.45, 2.75) is 38.3 Å². The number of aromatic nitrogens is 2. The Balaban J connectivity index is 1.16. The highest BCUT2D eigenvalue weighted by atomic mass is 16.5. The molecule has 3 aromatic carbocycles. The second-order valence-corrected chi connectivity index (χ2v) is 10.3. The number of benzene rings is 3. The van der Waals surface area contributed by atoms with Gasteiger partial charge in [-0.25, -0.2) is 0 Å². The fraction of sp³-hybridized carbons (Fsp3) is 0.235. The average Bonchev–Trinajstić information content (AvgIpc) is 3.42. The quantitative estimate of drug-likeness (QED) is 0.192. The lowest BCUT2D eigenvalue weighted by Crippen LogP contribution is -2.14. The number of hydrogen-bond acceptors (Lipinski definition) is 5. The molecule has 2 N–H and O–H groups in total. The van der Waals surface area contributed by atoms with E-state index in [4.69, 9.17) is 14.5 Å². The highest BCUT2D eigenvalue weighted by Gasteiger charge is 2.20. The first-order valence-corrected chi connectivity index (χ1v) is 14.1. The minimum absolute atomic E-state index is 0.0481. The molecule has 7 nitrogen and oxygen atoms in total. The zero-order chi connectivity index (χ0) is 28.0. The maximum atomic E-state index is 11.9. The van der Waals surface area contributed by atoms with Gasteiger partial charge in [0.1, 0.15) is 18.1 Å². The first-order valence-electron chi connectivity index (χ1n) is 14.1. The van der Waals surface area contributed by atoms with Gasteiger partial charge in [-0.1, -0.05) is 42.5 Å². The molecule has 208 valence electrons. The molecular weight excluding hydrogens is 514 g/mol. The minimum atomic E-state index is -0.862. The summed E-state index contributed by atoms with van der Waals surface area (Å²) in [6.07, 6.45) is 4.76. The van der Waals surface area contributed by atoms with Crippen LogP contribution in [0.15, 0.2) is 97.2 Å². The molecule has 1 aliphatic heterocycles. The van der Waals surface area contributed by atoms with Crippen LogP contribution in [-0.2, 0) is 24.2 Å². The van der Waals surface area contributed by atoms with Crippen molar-refractivity contribution >= 4 is 22.6 Å². The van der Waals surface area contributed by atoms with Crippen molar-refractivity contribution in [1.82, 2.24) is 9.55 Å². The largest absolute Gasteiger partial charge is 0.493 e. The molecule has 2 aromatic heterocycles. The van der Waals surface area contributed by atoms with Crippen LogP contribution >= 0.6 is 0 Å².